The third-order valence-electron chi connectivity index (χ3n) is 15.2. The van der Waals surface area contributed by atoms with Crippen LogP contribution in [0, 0.1) is 0 Å². The number of carboxylic acid groups (broad SMARTS) is 2. The van der Waals surface area contributed by atoms with Gasteiger partial charge in [0.15, 0.2) is 5.78 Å². The molecule has 8 aromatic rings. The normalized spacial score (nSPS) is 18.1. The molecule has 12 nitrogen and oxygen atoms in total. The van der Waals surface area contributed by atoms with Gasteiger partial charge in [0.05, 0.1) is 11.1 Å². The van der Waals surface area contributed by atoms with Crippen molar-refractivity contribution in [2.45, 2.75) is 110 Å². The lowest BCUT2D eigenvalue weighted by atomic mass is 9.75. The largest absolute Gasteiger partial charge is 0.478 e. The van der Waals surface area contributed by atoms with Gasteiger partial charge >= 0.3 is 11.9 Å². The van der Waals surface area contributed by atoms with Crippen LogP contribution in [0.15, 0.2) is 84.9 Å². The van der Waals surface area contributed by atoms with E-state index in [9.17, 15) is 35.0 Å². The van der Waals surface area contributed by atoms with Gasteiger partial charge in [-0.3, -0.25) is 9.59 Å². The summed E-state index contributed by atoms with van der Waals surface area (Å²) in [6.07, 6.45) is 2.34. The number of nitrogens with one attached hydrogen (secondary N) is 2. The molecule has 2 aliphatic heterocycles. The summed E-state index contributed by atoms with van der Waals surface area (Å²) in [6, 6.07) is 25.5. The summed E-state index contributed by atoms with van der Waals surface area (Å²) in [5.74, 6) is -3.20. The van der Waals surface area contributed by atoms with E-state index in [-0.39, 0.29) is 33.4 Å². The second kappa shape index (κ2) is 15.8. The predicted molar refractivity (Wildman–Crippen MR) is 279 cm³/mol. The zero-order chi connectivity index (χ0) is 50.3. The molecule has 2 aliphatic rings. The number of benzene rings is 8. The Morgan fingerprint density at radius 2 is 0.800 bits per heavy atom. The molecule has 10 rings (SSSR count). The summed E-state index contributed by atoms with van der Waals surface area (Å²) in [7, 11) is 1.91. The average molecular weight is 939 g/mol. The fraction of sp³-hybridized carbons (Fsp3) is 0.310. The number of hydrogen-bond acceptors (Lipinski definition) is 9. The van der Waals surface area contributed by atoms with Crippen LogP contribution >= 0.6 is 0 Å². The van der Waals surface area contributed by atoms with Crippen LogP contribution in [0.5, 0.6) is 0 Å². The molecule has 0 bridgehead atoms. The number of piperidine rings is 2. The van der Waals surface area contributed by atoms with Gasteiger partial charge in [0.2, 0.25) is 0 Å². The van der Waals surface area contributed by atoms with Crippen LogP contribution in [0.3, 0.4) is 0 Å². The van der Waals surface area contributed by atoms with Crippen LogP contribution in [0.25, 0.3) is 75.8 Å². The first-order chi connectivity index (χ1) is 32.9. The number of amides is 1. The summed E-state index contributed by atoms with van der Waals surface area (Å²) >= 11 is 0. The smallest absolute Gasteiger partial charge is 0.336 e. The van der Waals surface area contributed by atoms with E-state index in [0.717, 1.165) is 43.2 Å². The number of carboxylic acids is 2. The second-order valence-corrected chi connectivity index (χ2v) is 22.1. The lowest BCUT2D eigenvalue weighted by molar-refractivity contribution is -0.228. The molecule has 70 heavy (non-hydrogen) atoms. The highest BCUT2D eigenvalue weighted by Crippen LogP contribution is 2.46. The Hall–Kier alpha value is -6.96. The lowest BCUT2D eigenvalue weighted by Crippen LogP contribution is -2.57. The Balaban J connectivity index is 1.24. The SMILES string of the molecule is CNc1ccc2c(=C3CC(C)(C)N(O)C(C)(C)C3)c3cc(NC(=O)c4ccc5c6ccc(C(=O)O)c7c(C(C)=O)ccc(c8ccc(C(=O)O)c4c85)c76)ccc3c(=C3CC(C)(C)N(O)C(C)(C)C3)c2c1. The van der Waals surface area contributed by atoms with Gasteiger partial charge in [0, 0.05) is 62.5 Å². The van der Waals surface area contributed by atoms with Gasteiger partial charge in [-0.2, -0.15) is 10.1 Å². The molecule has 0 atom stereocenters. The van der Waals surface area contributed by atoms with Crippen LogP contribution in [-0.2, 0) is 0 Å². The Labute approximate surface area is 404 Å². The van der Waals surface area contributed by atoms with E-state index >= 15 is 4.79 Å². The summed E-state index contributed by atoms with van der Waals surface area (Å²) < 4.78 is 0. The van der Waals surface area contributed by atoms with Crippen LogP contribution in [0.1, 0.15) is 129 Å². The molecule has 0 aliphatic carbocycles. The van der Waals surface area contributed by atoms with Gasteiger partial charge in [0.25, 0.3) is 5.91 Å². The molecule has 358 valence electrons. The minimum absolute atomic E-state index is 0.0171. The van der Waals surface area contributed by atoms with E-state index in [2.05, 4.69) is 62.6 Å². The first kappa shape index (κ1) is 46.8. The highest BCUT2D eigenvalue weighted by molar-refractivity contribution is 6.38. The minimum atomic E-state index is -1.22. The standard InChI is InChI=1S/C58H58N4O8/c1-29(63)34-15-16-35-38-19-22-43(54(67)68)51-41(20-17-36(50(38)51)37-18-21-42(53(65)66)48(34)49(35)37)52(64)60-33-12-14-40-45(24-33)47(31-27-57(6,7)62(70)58(8,9)28-31)39-13-11-32(59-10)23-44(39)46(40)30-25-55(2,3)61(69)56(4,5)26-30/h11-24,59,69-70H,25-28H2,1-10H3,(H,60,64)(H,65,66)(H,67,68). The van der Waals surface area contributed by atoms with Gasteiger partial charge in [-0.15, -0.1) is 0 Å². The molecule has 1 amide bonds. The van der Waals surface area contributed by atoms with Crippen molar-refractivity contribution in [3.63, 3.8) is 0 Å². The van der Waals surface area contributed by atoms with Crippen molar-refractivity contribution in [2.24, 2.45) is 0 Å². The molecule has 2 heterocycles. The van der Waals surface area contributed by atoms with Crippen molar-refractivity contribution in [2.75, 3.05) is 17.7 Å². The van der Waals surface area contributed by atoms with Gasteiger partial charge < -0.3 is 31.3 Å². The van der Waals surface area contributed by atoms with E-state index < -0.39 is 40.0 Å². The quantitative estimate of drug-likeness (QED) is 0.0531. The lowest BCUT2D eigenvalue weighted by Gasteiger charge is -2.50. The fourth-order valence-corrected chi connectivity index (χ4v) is 12.7. The Kier molecular flexibility index (Phi) is 10.5. The second-order valence-electron chi connectivity index (χ2n) is 22.1. The van der Waals surface area contributed by atoms with Gasteiger partial charge in [-0.05, 0) is 195 Å². The van der Waals surface area contributed by atoms with E-state index in [0.29, 0.717) is 69.1 Å². The first-order valence-electron chi connectivity index (χ1n) is 23.8. The number of rotatable bonds is 6. The molecule has 0 aromatic heterocycles. The molecule has 0 spiro atoms. The van der Waals surface area contributed by atoms with Gasteiger partial charge in [-0.1, -0.05) is 53.6 Å². The molecule has 2 saturated heterocycles. The third-order valence-corrected chi connectivity index (χ3v) is 15.2. The Morgan fingerprint density at radius 3 is 1.19 bits per heavy atom. The summed E-state index contributed by atoms with van der Waals surface area (Å²) in [5.41, 5.74) is 1.73. The summed E-state index contributed by atoms with van der Waals surface area (Å²) in [6.45, 7) is 17.8. The van der Waals surface area contributed by atoms with Crippen molar-refractivity contribution in [1.29, 1.82) is 0 Å². The topological polar surface area (TPSA) is 180 Å². The molecular weight excluding hydrogens is 881 g/mol. The molecule has 0 saturated carbocycles. The van der Waals surface area contributed by atoms with Crippen molar-refractivity contribution in [1.82, 2.24) is 10.1 Å². The number of Topliss-reactive ketones (excluding diaryl/α,β-unsaturated/α-hetero) is 1. The molecule has 12 heteroatoms. The van der Waals surface area contributed by atoms with Crippen LogP contribution in [-0.4, -0.2) is 83.6 Å². The molecule has 8 aromatic carbocycles. The maximum atomic E-state index is 15.0. The van der Waals surface area contributed by atoms with Crippen molar-refractivity contribution in [3.05, 3.63) is 118 Å². The predicted octanol–water partition coefficient (Wildman–Crippen LogP) is 11.3. The maximum absolute atomic E-state index is 15.0. The highest BCUT2D eigenvalue weighted by Gasteiger charge is 2.45. The maximum Gasteiger partial charge on any atom is 0.336 e. The van der Waals surface area contributed by atoms with E-state index in [1.807, 2.05) is 46.9 Å². The number of carbonyl (C=O) groups excluding carboxylic acids is 2. The third kappa shape index (κ3) is 7.02. The van der Waals surface area contributed by atoms with Crippen molar-refractivity contribution < 1.29 is 39.8 Å². The summed E-state index contributed by atoms with van der Waals surface area (Å²) in [5, 5.41) is 63.6. The van der Waals surface area contributed by atoms with Crippen molar-refractivity contribution >= 4 is 111 Å². The fourth-order valence-electron chi connectivity index (χ4n) is 12.7. The molecule has 6 N–H and O–H groups in total. The van der Waals surface area contributed by atoms with E-state index in [1.54, 1.807) is 36.4 Å². The van der Waals surface area contributed by atoms with Crippen LogP contribution in [0.2, 0.25) is 0 Å². The number of hydroxylamine groups is 4. The van der Waals surface area contributed by atoms with E-state index in [4.69, 9.17) is 0 Å². The zero-order valence-electron chi connectivity index (χ0n) is 41.2. The highest BCUT2D eigenvalue weighted by atomic mass is 16.5. The number of anilines is 2. The monoisotopic (exact) mass is 938 g/mol. The van der Waals surface area contributed by atoms with Gasteiger partial charge in [-0.25, -0.2) is 9.59 Å². The number of nitrogens with zero attached hydrogens (tertiary/aromatic N) is 2. The number of ketones is 1. The number of hydrogen-bond donors (Lipinski definition) is 6. The Bertz CT molecular complexity index is 3680. The Morgan fingerprint density at radius 1 is 0.457 bits per heavy atom. The first-order valence-corrected chi connectivity index (χ1v) is 23.8. The number of fused-ring (bicyclic) bond motifs is 4. The van der Waals surface area contributed by atoms with E-state index in [1.165, 1.54) is 34.8 Å². The molecular formula is C58H58N4O8. The summed E-state index contributed by atoms with van der Waals surface area (Å²) in [4.78, 5) is 53.6. The van der Waals surface area contributed by atoms with Crippen LogP contribution < -0.4 is 21.1 Å². The molecule has 0 unspecified atom stereocenters. The number of carbonyl (C=O) groups is 4. The van der Waals surface area contributed by atoms with Crippen LogP contribution in [0.4, 0.5) is 11.4 Å². The average Bonchev–Trinajstić information content (AvgIpc) is 3.29. The van der Waals surface area contributed by atoms with Crippen molar-refractivity contribution in [3.8, 4) is 0 Å². The minimum Gasteiger partial charge on any atom is -0.478 e. The molecule has 0 radical (unpaired) electrons. The van der Waals surface area contributed by atoms with Gasteiger partial charge in [0.1, 0.15) is 0 Å². The molecule has 2 fully saturated rings. The zero-order valence-corrected chi connectivity index (χ0v) is 41.2. The number of aromatic carboxylic acids is 2.